The number of ketones is 1. The van der Waals surface area contributed by atoms with E-state index >= 15 is 0 Å². The van der Waals surface area contributed by atoms with Gasteiger partial charge in [0.15, 0.2) is 17.2 Å². The summed E-state index contributed by atoms with van der Waals surface area (Å²) in [5.41, 5.74) is 1.04. The molecular weight excluding hydrogens is 304 g/mol. The molecule has 2 aromatic rings. The molecule has 1 amide bonds. The maximum absolute atomic E-state index is 12.5. The first-order chi connectivity index (χ1) is 11.3. The highest BCUT2D eigenvalue weighted by molar-refractivity contribution is 6.08. The van der Waals surface area contributed by atoms with E-state index in [2.05, 4.69) is 27.2 Å². The van der Waals surface area contributed by atoms with E-state index in [0.717, 1.165) is 25.7 Å². The number of hydrogen-bond donors (Lipinski definition) is 2. The van der Waals surface area contributed by atoms with Gasteiger partial charge in [-0.25, -0.2) is 9.97 Å². The lowest BCUT2D eigenvalue weighted by Crippen LogP contribution is -2.20. The number of rotatable bonds is 7. The molecule has 2 rings (SSSR count). The van der Waals surface area contributed by atoms with Crippen LogP contribution in [0.5, 0.6) is 0 Å². The molecule has 24 heavy (non-hydrogen) atoms. The van der Waals surface area contributed by atoms with Crippen LogP contribution in [0.3, 0.4) is 0 Å². The number of amides is 1. The van der Waals surface area contributed by atoms with Gasteiger partial charge < -0.3 is 10.3 Å². The molecule has 2 aromatic heterocycles. The van der Waals surface area contributed by atoms with E-state index in [9.17, 15) is 9.59 Å². The Bertz CT molecular complexity index is 728. The third kappa shape index (κ3) is 4.40. The second kappa shape index (κ2) is 7.55. The van der Waals surface area contributed by atoms with Gasteiger partial charge in [0.05, 0.1) is 11.8 Å². The number of nitrogens with zero attached hydrogens (tertiary/aromatic N) is 2. The fraction of sp³-hybridized carbons (Fsp3) is 0.556. The summed E-state index contributed by atoms with van der Waals surface area (Å²) in [4.78, 5) is 36.1. The molecule has 130 valence electrons. The van der Waals surface area contributed by atoms with Crippen LogP contribution in [0, 0.1) is 5.41 Å². The highest BCUT2D eigenvalue weighted by Crippen LogP contribution is 2.25. The molecule has 0 atom stereocenters. The van der Waals surface area contributed by atoms with Crippen LogP contribution in [0.1, 0.15) is 70.2 Å². The van der Waals surface area contributed by atoms with Gasteiger partial charge in [-0.05, 0) is 6.42 Å². The van der Waals surface area contributed by atoms with Crippen LogP contribution in [0.4, 0.5) is 5.82 Å². The monoisotopic (exact) mass is 330 g/mol. The number of unbranched alkanes of at least 4 members (excludes halogenated alkanes) is 3. The van der Waals surface area contributed by atoms with Crippen molar-refractivity contribution in [3.05, 3.63) is 18.0 Å². The van der Waals surface area contributed by atoms with E-state index in [4.69, 9.17) is 0 Å². The van der Waals surface area contributed by atoms with Gasteiger partial charge in [-0.2, -0.15) is 0 Å². The lowest BCUT2D eigenvalue weighted by atomic mass is 9.87. The highest BCUT2D eigenvalue weighted by Gasteiger charge is 2.26. The summed E-state index contributed by atoms with van der Waals surface area (Å²) in [7, 11) is 0. The number of fused-ring (bicyclic) bond motifs is 1. The molecule has 0 radical (unpaired) electrons. The van der Waals surface area contributed by atoms with Crippen molar-refractivity contribution in [3.8, 4) is 0 Å². The van der Waals surface area contributed by atoms with Crippen LogP contribution in [0.2, 0.25) is 0 Å². The van der Waals surface area contributed by atoms with Crippen molar-refractivity contribution in [2.24, 2.45) is 5.41 Å². The van der Waals surface area contributed by atoms with E-state index in [1.165, 1.54) is 6.20 Å². The number of H-pyrrole nitrogens is 1. The summed E-state index contributed by atoms with van der Waals surface area (Å²) < 4.78 is 0. The topological polar surface area (TPSA) is 87.7 Å². The van der Waals surface area contributed by atoms with Crippen LogP contribution in [-0.4, -0.2) is 26.6 Å². The largest absolute Gasteiger partial charge is 0.344 e. The molecule has 0 saturated heterocycles. The molecule has 0 aliphatic heterocycles. The van der Waals surface area contributed by atoms with E-state index in [1.54, 1.807) is 6.20 Å². The first kappa shape index (κ1) is 18.1. The number of hydrogen-bond acceptors (Lipinski definition) is 4. The first-order valence-corrected chi connectivity index (χ1v) is 8.51. The molecule has 2 N–H and O–H groups in total. The smallest absolute Gasteiger partial charge is 0.225 e. The quantitative estimate of drug-likeness (QED) is 0.591. The van der Waals surface area contributed by atoms with Crippen LogP contribution >= 0.6 is 0 Å². The Balaban J connectivity index is 2.13. The average Bonchev–Trinajstić information content (AvgIpc) is 2.93. The standard InChI is InChI=1S/C18H26N4O2/c1-5-6-7-8-9-14(23)21-13-11-20-17-15(22-13)12(10-19-17)16(24)18(2,3)4/h10-11H,5-9H2,1-4H3,(H,19,20)(H,21,22,23). The minimum absolute atomic E-state index is 0.00825. The summed E-state index contributed by atoms with van der Waals surface area (Å²) in [5, 5.41) is 2.77. The van der Waals surface area contributed by atoms with Gasteiger partial charge in [0.1, 0.15) is 5.52 Å². The maximum atomic E-state index is 12.5. The third-order valence-corrected chi connectivity index (χ3v) is 3.83. The molecular formula is C18H26N4O2. The molecule has 6 heteroatoms. The predicted molar refractivity (Wildman–Crippen MR) is 95.1 cm³/mol. The Hall–Kier alpha value is -2.24. The number of anilines is 1. The van der Waals surface area contributed by atoms with E-state index in [1.807, 2.05) is 20.8 Å². The molecule has 0 saturated carbocycles. The fourth-order valence-electron chi connectivity index (χ4n) is 2.45. The minimum atomic E-state index is -0.505. The zero-order valence-corrected chi connectivity index (χ0v) is 14.9. The van der Waals surface area contributed by atoms with Gasteiger partial charge in [0, 0.05) is 18.0 Å². The van der Waals surface area contributed by atoms with Gasteiger partial charge in [0.2, 0.25) is 5.91 Å². The van der Waals surface area contributed by atoms with Crippen LogP contribution in [0.15, 0.2) is 12.4 Å². The average molecular weight is 330 g/mol. The van der Waals surface area contributed by atoms with Crippen molar-refractivity contribution >= 4 is 28.7 Å². The van der Waals surface area contributed by atoms with Crippen molar-refractivity contribution in [1.29, 1.82) is 0 Å². The summed E-state index contributed by atoms with van der Waals surface area (Å²) in [6, 6.07) is 0. The second-order valence-corrected chi connectivity index (χ2v) is 7.09. The summed E-state index contributed by atoms with van der Waals surface area (Å²) in [6.45, 7) is 7.73. The second-order valence-electron chi connectivity index (χ2n) is 7.09. The third-order valence-electron chi connectivity index (χ3n) is 3.83. The molecule has 0 aliphatic carbocycles. The minimum Gasteiger partial charge on any atom is -0.344 e. The lowest BCUT2D eigenvalue weighted by molar-refractivity contribution is -0.116. The normalized spacial score (nSPS) is 11.7. The van der Waals surface area contributed by atoms with Gasteiger partial charge in [0.25, 0.3) is 0 Å². The summed E-state index contributed by atoms with van der Waals surface area (Å²) >= 11 is 0. The van der Waals surface area contributed by atoms with E-state index in [0.29, 0.717) is 29.0 Å². The molecule has 0 aromatic carbocycles. The molecule has 0 fully saturated rings. The Morgan fingerprint density at radius 2 is 1.96 bits per heavy atom. The number of carbonyl (C=O) groups excluding carboxylic acids is 2. The lowest BCUT2D eigenvalue weighted by Gasteiger charge is -2.15. The Morgan fingerprint density at radius 1 is 1.21 bits per heavy atom. The van der Waals surface area contributed by atoms with Gasteiger partial charge in [-0.3, -0.25) is 9.59 Å². The molecule has 0 spiro atoms. The van der Waals surface area contributed by atoms with Crippen LogP contribution in [-0.2, 0) is 4.79 Å². The zero-order chi connectivity index (χ0) is 17.7. The van der Waals surface area contributed by atoms with Crippen molar-refractivity contribution < 1.29 is 9.59 Å². The van der Waals surface area contributed by atoms with Crippen molar-refractivity contribution in [2.75, 3.05) is 5.32 Å². The molecule has 0 aliphatic rings. The number of nitrogens with one attached hydrogen (secondary N) is 2. The number of carbonyl (C=O) groups is 2. The first-order valence-electron chi connectivity index (χ1n) is 8.51. The maximum Gasteiger partial charge on any atom is 0.225 e. The van der Waals surface area contributed by atoms with Crippen LogP contribution in [0.25, 0.3) is 11.2 Å². The van der Waals surface area contributed by atoms with Gasteiger partial charge in [-0.15, -0.1) is 0 Å². The number of aromatic amines is 1. The Labute approximate surface area is 142 Å². The number of aromatic nitrogens is 3. The van der Waals surface area contributed by atoms with Gasteiger partial charge in [-0.1, -0.05) is 47.0 Å². The van der Waals surface area contributed by atoms with E-state index in [-0.39, 0.29) is 11.7 Å². The summed E-state index contributed by atoms with van der Waals surface area (Å²) in [5.74, 6) is 0.302. The SMILES string of the molecule is CCCCCCC(=O)Nc1cnc2[nH]cc(C(=O)C(C)(C)C)c2n1. The molecule has 0 unspecified atom stereocenters. The van der Waals surface area contributed by atoms with Crippen molar-refractivity contribution in [2.45, 2.75) is 59.8 Å². The molecule has 2 heterocycles. The number of Topliss-reactive ketones (excluding diaryl/α,β-unsaturated/α-hetero) is 1. The van der Waals surface area contributed by atoms with Crippen molar-refractivity contribution in [3.63, 3.8) is 0 Å². The fourth-order valence-corrected chi connectivity index (χ4v) is 2.45. The van der Waals surface area contributed by atoms with E-state index < -0.39 is 5.41 Å². The molecule has 6 nitrogen and oxygen atoms in total. The molecule has 0 bridgehead atoms. The zero-order valence-electron chi connectivity index (χ0n) is 14.9. The Kier molecular flexibility index (Phi) is 5.70. The van der Waals surface area contributed by atoms with Crippen molar-refractivity contribution in [1.82, 2.24) is 15.0 Å². The Morgan fingerprint density at radius 3 is 2.62 bits per heavy atom. The summed E-state index contributed by atoms with van der Waals surface area (Å²) in [6.07, 6.45) is 7.82. The highest BCUT2D eigenvalue weighted by atomic mass is 16.1. The van der Waals surface area contributed by atoms with Gasteiger partial charge >= 0.3 is 0 Å². The predicted octanol–water partition coefficient (Wildman–Crippen LogP) is 4.10. The van der Waals surface area contributed by atoms with Crippen LogP contribution < -0.4 is 5.32 Å².